The number of fused-ring (bicyclic) bond motifs is 1. The molecule has 0 spiro atoms. The van der Waals surface area contributed by atoms with Crippen LogP contribution in [0.25, 0.3) is 10.9 Å². The van der Waals surface area contributed by atoms with Crippen molar-refractivity contribution in [1.82, 2.24) is 24.2 Å². The molecule has 7 nitrogen and oxygen atoms in total. The first kappa shape index (κ1) is 17.6. The number of hydrogen-bond acceptors (Lipinski definition) is 3. The minimum atomic E-state index is -0.0960. The maximum Gasteiger partial charge on any atom is 0.345 e. The van der Waals surface area contributed by atoms with Crippen LogP contribution in [0.2, 0.25) is 0 Å². The third kappa shape index (κ3) is 3.07. The molecule has 1 aliphatic rings. The summed E-state index contributed by atoms with van der Waals surface area (Å²) in [6, 6.07) is 7.76. The molecule has 0 bridgehead atoms. The number of carbonyl (C=O) groups excluding carboxylic acids is 1. The first-order chi connectivity index (χ1) is 13.0. The predicted octanol–water partition coefficient (Wildman–Crippen LogP) is 2.66. The van der Waals surface area contributed by atoms with Crippen molar-refractivity contribution in [3.63, 3.8) is 0 Å². The zero-order valence-corrected chi connectivity index (χ0v) is 16.0. The molecule has 0 aliphatic carbocycles. The van der Waals surface area contributed by atoms with E-state index < -0.39 is 0 Å². The lowest BCUT2D eigenvalue weighted by Gasteiger charge is -2.32. The zero-order chi connectivity index (χ0) is 19.1. The highest BCUT2D eigenvalue weighted by atomic mass is 16.2. The van der Waals surface area contributed by atoms with Crippen LogP contribution in [0.1, 0.15) is 54.8 Å². The Morgan fingerprint density at radius 2 is 2.11 bits per heavy atom. The second-order valence-electron chi connectivity index (χ2n) is 7.60. The second-order valence-corrected chi connectivity index (χ2v) is 7.60. The van der Waals surface area contributed by atoms with Gasteiger partial charge in [0.2, 0.25) is 0 Å². The van der Waals surface area contributed by atoms with Gasteiger partial charge in [0.1, 0.15) is 5.82 Å². The van der Waals surface area contributed by atoms with E-state index in [2.05, 4.69) is 10.1 Å². The highest BCUT2D eigenvalue weighted by molar-refractivity contribution is 5.98. The van der Waals surface area contributed by atoms with Crippen LogP contribution in [0.3, 0.4) is 0 Å². The largest absolute Gasteiger partial charge is 0.361 e. The third-order valence-electron chi connectivity index (χ3n) is 5.37. The number of rotatable bonds is 3. The predicted molar refractivity (Wildman–Crippen MR) is 104 cm³/mol. The number of nitrogens with zero attached hydrogens (tertiary/aromatic N) is 4. The maximum absolute atomic E-state index is 13.1. The van der Waals surface area contributed by atoms with Crippen LogP contribution >= 0.6 is 0 Å². The average Bonchev–Trinajstić information content (AvgIpc) is 3.25. The van der Waals surface area contributed by atoms with Gasteiger partial charge in [0.15, 0.2) is 0 Å². The van der Waals surface area contributed by atoms with E-state index in [4.69, 9.17) is 0 Å². The molecule has 0 saturated carbocycles. The van der Waals surface area contributed by atoms with Crippen molar-refractivity contribution in [2.75, 3.05) is 13.1 Å². The lowest BCUT2D eigenvalue weighted by atomic mass is 9.96. The molecular weight excluding hydrogens is 342 g/mol. The Balaban J connectivity index is 1.60. The summed E-state index contributed by atoms with van der Waals surface area (Å²) in [5, 5.41) is 5.52. The summed E-state index contributed by atoms with van der Waals surface area (Å²) in [5.41, 5.74) is 1.63. The standard InChI is InChI=1S/C20H25N5O2/c1-13(2)25-18(22-23(3)20(25)27)16-5-4-10-24(12-16)19(26)15-6-7-17-14(11-15)8-9-21-17/h6-9,11,13,16,21H,4-5,10,12H2,1-3H3. The first-order valence-corrected chi connectivity index (χ1v) is 9.47. The topological polar surface area (TPSA) is 75.9 Å². The molecule has 1 saturated heterocycles. The van der Waals surface area contributed by atoms with E-state index in [1.165, 1.54) is 4.68 Å². The smallest absolute Gasteiger partial charge is 0.345 e. The van der Waals surface area contributed by atoms with Gasteiger partial charge < -0.3 is 9.88 Å². The van der Waals surface area contributed by atoms with Crippen LogP contribution in [0.4, 0.5) is 0 Å². The van der Waals surface area contributed by atoms with Crippen LogP contribution in [-0.2, 0) is 7.05 Å². The molecular formula is C20H25N5O2. The molecule has 1 unspecified atom stereocenters. The Morgan fingerprint density at radius 3 is 2.89 bits per heavy atom. The number of aryl methyl sites for hydroxylation is 1. The minimum Gasteiger partial charge on any atom is -0.361 e. The van der Waals surface area contributed by atoms with Crippen molar-refractivity contribution in [2.24, 2.45) is 7.05 Å². The molecule has 27 heavy (non-hydrogen) atoms. The molecule has 142 valence electrons. The summed E-state index contributed by atoms with van der Waals surface area (Å²) >= 11 is 0. The quantitative estimate of drug-likeness (QED) is 0.773. The number of nitrogens with one attached hydrogen (secondary N) is 1. The van der Waals surface area contributed by atoms with E-state index in [0.717, 1.165) is 36.1 Å². The van der Waals surface area contributed by atoms with Crippen LogP contribution in [0.15, 0.2) is 35.3 Å². The normalized spacial score (nSPS) is 17.8. The minimum absolute atomic E-state index is 0.0391. The number of aromatic nitrogens is 4. The molecule has 1 atom stereocenters. The van der Waals surface area contributed by atoms with E-state index >= 15 is 0 Å². The molecule has 3 aromatic rings. The summed E-state index contributed by atoms with van der Waals surface area (Å²) in [6.07, 6.45) is 3.72. The fraction of sp³-hybridized carbons (Fsp3) is 0.450. The van der Waals surface area contributed by atoms with Gasteiger partial charge in [0.25, 0.3) is 5.91 Å². The Labute approximate surface area is 157 Å². The van der Waals surface area contributed by atoms with Crippen LogP contribution in [-0.4, -0.2) is 43.2 Å². The summed E-state index contributed by atoms with van der Waals surface area (Å²) in [5.74, 6) is 0.906. The number of amides is 1. The van der Waals surface area contributed by atoms with Crippen molar-refractivity contribution >= 4 is 16.8 Å². The van der Waals surface area contributed by atoms with Gasteiger partial charge >= 0.3 is 5.69 Å². The SMILES string of the molecule is CC(C)n1c(C2CCCN(C(=O)c3ccc4[nH]ccc4c3)C2)nn(C)c1=O. The number of H-pyrrole nitrogens is 1. The maximum atomic E-state index is 13.1. The molecule has 7 heteroatoms. The van der Waals surface area contributed by atoms with Gasteiger partial charge in [-0.15, -0.1) is 0 Å². The third-order valence-corrected chi connectivity index (χ3v) is 5.37. The van der Waals surface area contributed by atoms with Gasteiger partial charge in [0.05, 0.1) is 0 Å². The van der Waals surface area contributed by atoms with E-state index in [1.807, 2.05) is 49.2 Å². The van der Waals surface area contributed by atoms with Crippen molar-refractivity contribution < 1.29 is 4.79 Å². The molecule has 1 aliphatic heterocycles. The molecule has 0 radical (unpaired) electrons. The molecule has 2 aromatic heterocycles. The average molecular weight is 367 g/mol. The van der Waals surface area contributed by atoms with E-state index in [9.17, 15) is 9.59 Å². The molecule has 1 N–H and O–H groups in total. The molecule has 3 heterocycles. The van der Waals surface area contributed by atoms with Gasteiger partial charge in [-0.25, -0.2) is 9.48 Å². The first-order valence-electron chi connectivity index (χ1n) is 9.47. The van der Waals surface area contributed by atoms with Crippen LogP contribution in [0, 0.1) is 0 Å². The van der Waals surface area contributed by atoms with E-state index in [-0.39, 0.29) is 23.6 Å². The monoisotopic (exact) mass is 367 g/mol. The van der Waals surface area contributed by atoms with Crippen molar-refractivity contribution in [1.29, 1.82) is 0 Å². The van der Waals surface area contributed by atoms with Gasteiger partial charge in [-0.3, -0.25) is 9.36 Å². The van der Waals surface area contributed by atoms with Crippen molar-refractivity contribution in [3.8, 4) is 0 Å². The Kier molecular flexibility index (Phi) is 4.37. The lowest BCUT2D eigenvalue weighted by Crippen LogP contribution is -2.40. The van der Waals surface area contributed by atoms with Gasteiger partial charge in [-0.2, -0.15) is 5.10 Å². The highest BCUT2D eigenvalue weighted by Gasteiger charge is 2.30. The molecule has 1 amide bonds. The number of aromatic amines is 1. The van der Waals surface area contributed by atoms with Crippen molar-refractivity contribution in [3.05, 3.63) is 52.3 Å². The highest BCUT2D eigenvalue weighted by Crippen LogP contribution is 2.27. The summed E-state index contributed by atoms with van der Waals surface area (Å²) in [7, 11) is 1.68. The number of hydrogen-bond donors (Lipinski definition) is 1. The van der Waals surface area contributed by atoms with Crippen molar-refractivity contribution in [2.45, 2.75) is 38.6 Å². The number of likely N-dealkylation sites (tertiary alicyclic amines) is 1. The molecule has 4 rings (SSSR count). The second kappa shape index (κ2) is 6.72. The number of carbonyl (C=O) groups is 1. The Hall–Kier alpha value is -2.83. The van der Waals surface area contributed by atoms with Crippen LogP contribution in [0.5, 0.6) is 0 Å². The van der Waals surface area contributed by atoms with Crippen LogP contribution < -0.4 is 5.69 Å². The van der Waals surface area contributed by atoms with E-state index in [1.54, 1.807) is 11.6 Å². The Morgan fingerprint density at radius 1 is 1.30 bits per heavy atom. The molecule has 1 fully saturated rings. The number of piperidine rings is 1. The van der Waals surface area contributed by atoms with Gasteiger partial charge in [-0.1, -0.05) is 0 Å². The van der Waals surface area contributed by atoms with Gasteiger partial charge in [0, 0.05) is 54.8 Å². The Bertz CT molecular complexity index is 1040. The van der Waals surface area contributed by atoms with E-state index in [0.29, 0.717) is 12.1 Å². The fourth-order valence-corrected chi connectivity index (χ4v) is 4.00. The molecule has 1 aromatic carbocycles. The fourth-order valence-electron chi connectivity index (χ4n) is 4.00. The summed E-state index contributed by atoms with van der Waals surface area (Å²) < 4.78 is 3.15. The zero-order valence-electron chi connectivity index (χ0n) is 16.0. The number of benzene rings is 1. The van der Waals surface area contributed by atoms with Gasteiger partial charge in [-0.05, 0) is 51.0 Å². The summed E-state index contributed by atoms with van der Waals surface area (Å²) in [6.45, 7) is 5.31. The summed E-state index contributed by atoms with van der Waals surface area (Å²) in [4.78, 5) is 30.5. The lowest BCUT2D eigenvalue weighted by molar-refractivity contribution is 0.0703.